The van der Waals surface area contributed by atoms with Crippen LogP contribution in [0.5, 0.6) is 0 Å². The molecule has 0 aromatic heterocycles. The molecule has 7 aliphatic rings. The molecule has 214 valence electrons. The zero-order valence-electron chi connectivity index (χ0n) is 23.1. The summed E-state index contributed by atoms with van der Waals surface area (Å²) in [4.78, 5) is 30.9. The number of morpholine rings is 1. The van der Waals surface area contributed by atoms with Gasteiger partial charge in [0.05, 0.1) is 30.9 Å². The van der Waals surface area contributed by atoms with E-state index in [1.54, 1.807) is 0 Å². The monoisotopic (exact) mass is 548 g/mol. The van der Waals surface area contributed by atoms with E-state index in [9.17, 15) is 9.59 Å². The Balaban J connectivity index is 1.05. The summed E-state index contributed by atoms with van der Waals surface area (Å²) in [6, 6.07) is 6.82. The molecule has 6 heterocycles. The Hall–Kier alpha value is -2.54. The molecule has 11 heteroatoms. The number of nitrogens with one attached hydrogen (secondary N) is 4. The highest BCUT2D eigenvalue weighted by molar-refractivity contribution is 5.82. The quantitative estimate of drug-likeness (QED) is 0.388. The molecular weight excluding hydrogens is 508 g/mol. The van der Waals surface area contributed by atoms with E-state index in [0.29, 0.717) is 19.6 Å². The largest absolute Gasteiger partial charge is 0.365 e. The molecule has 1 aromatic carbocycles. The van der Waals surface area contributed by atoms with E-state index in [0.717, 1.165) is 37.9 Å². The molecule has 1 spiro atoms. The van der Waals surface area contributed by atoms with Crippen LogP contribution in [-0.2, 0) is 26.3 Å². The number of hydrazine groups is 1. The lowest BCUT2D eigenvalue weighted by atomic mass is 9.90. The summed E-state index contributed by atoms with van der Waals surface area (Å²) in [7, 11) is 2.25. The third-order valence-corrected chi connectivity index (χ3v) is 10.3. The number of carbonyl (C=O) groups is 2. The standard InChI is InChI=1S/C29H40N8O3/c1-34-14-9-18-5-6-19(15-21(18)29(34)10-11-29)31-28-30-16-20-25(33-28)37-23-8-7-22-26(32-23)35(24(38)17-40-22)12-3-2-4-13-36(37)27(20)39/h2,4-6,15,20,22-23,25-26,28,30-33H,3,7-14,16-17H2,1H3/b4-2+. The van der Waals surface area contributed by atoms with Crippen LogP contribution in [0.2, 0.25) is 0 Å². The molecule has 6 atom stereocenters. The number of carbonyl (C=O) groups excluding carboxylic acids is 2. The number of fused-ring (bicyclic) bond motifs is 7. The lowest BCUT2D eigenvalue weighted by Crippen LogP contribution is -2.72. The molecule has 40 heavy (non-hydrogen) atoms. The summed E-state index contributed by atoms with van der Waals surface area (Å²) in [6.07, 6.45) is 9.56. The predicted molar refractivity (Wildman–Crippen MR) is 148 cm³/mol. The minimum Gasteiger partial charge on any atom is -0.365 e. The van der Waals surface area contributed by atoms with Crippen LogP contribution in [0.3, 0.4) is 0 Å². The average molecular weight is 549 g/mol. The minimum absolute atomic E-state index is 0.0190. The average Bonchev–Trinajstić information content (AvgIpc) is 3.72. The minimum atomic E-state index is -0.193. The number of rotatable bonds is 2. The maximum absolute atomic E-state index is 13.7. The van der Waals surface area contributed by atoms with Crippen LogP contribution in [0.1, 0.15) is 43.2 Å². The molecule has 11 nitrogen and oxygen atoms in total. The molecule has 0 radical (unpaired) electrons. The molecule has 8 rings (SSSR count). The van der Waals surface area contributed by atoms with Crippen LogP contribution < -0.4 is 21.3 Å². The van der Waals surface area contributed by atoms with Crippen molar-refractivity contribution in [3.63, 3.8) is 0 Å². The van der Waals surface area contributed by atoms with E-state index < -0.39 is 0 Å². The molecule has 4 N–H and O–H groups in total. The number of hydrogen-bond acceptors (Lipinski definition) is 9. The van der Waals surface area contributed by atoms with Gasteiger partial charge < -0.3 is 15.0 Å². The molecule has 1 saturated carbocycles. The zero-order valence-corrected chi connectivity index (χ0v) is 23.1. The molecule has 6 aliphatic heterocycles. The van der Waals surface area contributed by atoms with Gasteiger partial charge >= 0.3 is 0 Å². The molecule has 1 aliphatic carbocycles. The number of likely N-dealkylation sites (N-methyl/N-ethyl adjacent to an activating group) is 1. The van der Waals surface area contributed by atoms with Gasteiger partial charge in [-0.05, 0) is 68.8 Å². The zero-order chi connectivity index (χ0) is 27.0. The van der Waals surface area contributed by atoms with Gasteiger partial charge in [-0.15, -0.1) is 0 Å². The SMILES string of the molecule is CN1CCc2ccc(NC3NCC4C(=O)N5C/C=C/CCN6C(=O)COC7CCC(NC76)N5C4N3)cc2C12CC2. The van der Waals surface area contributed by atoms with Crippen molar-refractivity contribution in [1.82, 2.24) is 35.8 Å². The van der Waals surface area contributed by atoms with Crippen LogP contribution >= 0.6 is 0 Å². The number of ether oxygens (including phenoxy) is 1. The Bertz CT molecular complexity index is 1240. The first-order chi connectivity index (χ1) is 19.5. The first-order valence-corrected chi connectivity index (χ1v) is 15.0. The molecule has 1 aromatic rings. The van der Waals surface area contributed by atoms with Crippen molar-refractivity contribution in [2.45, 2.75) is 75.0 Å². The molecule has 2 amide bonds. The van der Waals surface area contributed by atoms with Crippen LogP contribution in [0.4, 0.5) is 5.69 Å². The van der Waals surface area contributed by atoms with Gasteiger partial charge in [-0.25, -0.2) is 0 Å². The molecule has 2 bridgehead atoms. The van der Waals surface area contributed by atoms with Crippen LogP contribution in [-0.4, -0.2) is 102 Å². The first kappa shape index (κ1) is 25.2. The van der Waals surface area contributed by atoms with Gasteiger partial charge in [-0.3, -0.25) is 35.4 Å². The van der Waals surface area contributed by atoms with Gasteiger partial charge in [0.1, 0.15) is 19.1 Å². The third-order valence-electron chi connectivity index (χ3n) is 10.3. The van der Waals surface area contributed by atoms with Gasteiger partial charge in [0.25, 0.3) is 0 Å². The van der Waals surface area contributed by atoms with Gasteiger partial charge in [0, 0.05) is 30.9 Å². The van der Waals surface area contributed by atoms with Crippen molar-refractivity contribution in [1.29, 1.82) is 0 Å². The predicted octanol–water partition coefficient (Wildman–Crippen LogP) is 0.276. The van der Waals surface area contributed by atoms with E-state index in [2.05, 4.69) is 68.6 Å². The van der Waals surface area contributed by atoms with Crippen LogP contribution in [0.25, 0.3) is 0 Å². The Morgan fingerprint density at radius 1 is 1.07 bits per heavy atom. The van der Waals surface area contributed by atoms with E-state index in [-0.39, 0.29) is 60.8 Å². The fourth-order valence-corrected chi connectivity index (χ4v) is 7.97. The van der Waals surface area contributed by atoms with Crippen molar-refractivity contribution in [3.8, 4) is 0 Å². The lowest BCUT2D eigenvalue weighted by Gasteiger charge is -2.50. The number of benzene rings is 1. The van der Waals surface area contributed by atoms with E-state index >= 15 is 0 Å². The Morgan fingerprint density at radius 3 is 2.85 bits per heavy atom. The number of nitrogens with zero attached hydrogens (tertiary/aromatic N) is 4. The van der Waals surface area contributed by atoms with Crippen LogP contribution in [0.15, 0.2) is 30.4 Å². The van der Waals surface area contributed by atoms with Crippen molar-refractivity contribution in [3.05, 3.63) is 41.5 Å². The van der Waals surface area contributed by atoms with Crippen molar-refractivity contribution in [2.75, 3.05) is 45.2 Å². The Morgan fingerprint density at radius 2 is 1.98 bits per heavy atom. The summed E-state index contributed by atoms with van der Waals surface area (Å²) in [6.45, 7) is 3.05. The highest BCUT2D eigenvalue weighted by Gasteiger charge is 2.54. The van der Waals surface area contributed by atoms with Gasteiger partial charge in [0.2, 0.25) is 11.8 Å². The van der Waals surface area contributed by atoms with Crippen molar-refractivity contribution >= 4 is 17.5 Å². The smallest absolute Gasteiger partial charge is 0.249 e. The topological polar surface area (TPSA) is 104 Å². The van der Waals surface area contributed by atoms with Crippen molar-refractivity contribution in [2.24, 2.45) is 5.92 Å². The van der Waals surface area contributed by atoms with Gasteiger partial charge in [-0.1, -0.05) is 18.2 Å². The maximum atomic E-state index is 13.7. The van der Waals surface area contributed by atoms with Gasteiger partial charge in [0.15, 0.2) is 0 Å². The van der Waals surface area contributed by atoms with E-state index in [4.69, 9.17) is 4.74 Å². The molecule has 4 saturated heterocycles. The van der Waals surface area contributed by atoms with E-state index in [1.807, 2.05) is 9.91 Å². The number of anilines is 1. The van der Waals surface area contributed by atoms with Crippen LogP contribution in [0, 0.1) is 5.92 Å². The number of amides is 2. The van der Waals surface area contributed by atoms with Gasteiger partial charge in [-0.2, -0.15) is 5.01 Å². The summed E-state index contributed by atoms with van der Waals surface area (Å²) < 4.78 is 5.92. The fraction of sp³-hybridized carbons (Fsp3) is 0.655. The highest BCUT2D eigenvalue weighted by Crippen LogP contribution is 2.53. The number of piperidine rings is 1. The maximum Gasteiger partial charge on any atom is 0.249 e. The fourth-order valence-electron chi connectivity index (χ4n) is 7.97. The third kappa shape index (κ3) is 3.93. The normalized spacial score (nSPS) is 37.8. The number of hydrogen-bond donors (Lipinski definition) is 4. The highest BCUT2D eigenvalue weighted by atomic mass is 16.5. The Labute approximate surface area is 235 Å². The second kappa shape index (κ2) is 9.50. The first-order valence-electron chi connectivity index (χ1n) is 15.0. The summed E-state index contributed by atoms with van der Waals surface area (Å²) in [5.74, 6) is -0.0273. The lowest BCUT2D eigenvalue weighted by molar-refractivity contribution is -0.175. The molecule has 5 fully saturated rings. The second-order valence-electron chi connectivity index (χ2n) is 12.5. The van der Waals surface area contributed by atoms with E-state index in [1.165, 1.54) is 24.0 Å². The molecule has 6 unspecified atom stereocenters. The molecular formula is C29H40N8O3. The van der Waals surface area contributed by atoms with Crippen molar-refractivity contribution < 1.29 is 14.3 Å². The Kier molecular flexibility index (Phi) is 5.98. The summed E-state index contributed by atoms with van der Waals surface area (Å²) in [5, 5.41) is 18.8. The second-order valence-corrected chi connectivity index (χ2v) is 12.5. The summed E-state index contributed by atoms with van der Waals surface area (Å²) in [5.41, 5.74) is 4.26. The summed E-state index contributed by atoms with van der Waals surface area (Å²) >= 11 is 0.